The van der Waals surface area contributed by atoms with Crippen LogP contribution in [0, 0.1) is 11.6 Å². The van der Waals surface area contributed by atoms with Crippen molar-refractivity contribution >= 4 is 23.4 Å². The molecule has 1 atom stereocenters. The van der Waals surface area contributed by atoms with Crippen molar-refractivity contribution in [3.8, 4) is 0 Å². The summed E-state index contributed by atoms with van der Waals surface area (Å²) in [6.45, 7) is 0.00358. The van der Waals surface area contributed by atoms with Crippen LogP contribution in [-0.2, 0) is 4.79 Å². The molecule has 7 heteroatoms. The van der Waals surface area contributed by atoms with Crippen molar-refractivity contribution in [1.29, 1.82) is 0 Å². The zero-order valence-corrected chi connectivity index (χ0v) is 16.6. The predicted molar refractivity (Wildman–Crippen MR) is 111 cm³/mol. The highest BCUT2D eigenvalue weighted by atomic mass is 35.5. The lowest BCUT2D eigenvalue weighted by Gasteiger charge is -2.20. The van der Waals surface area contributed by atoms with Crippen LogP contribution in [0.25, 0.3) is 0 Å². The first kappa shape index (κ1) is 21.5. The van der Waals surface area contributed by atoms with Gasteiger partial charge in [-0.25, -0.2) is 8.78 Å². The summed E-state index contributed by atoms with van der Waals surface area (Å²) < 4.78 is 26.6. The van der Waals surface area contributed by atoms with E-state index in [0.29, 0.717) is 11.1 Å². The fraction of sp³-hybridized carbons (Fsp3) is 0.130. The molecule has 0 aliphatic carbocycles. The van der Waals surface area contributed by atoms with Gasteiger partial charge in [-0.2, -0.15) is 0 Å². The molecule has 3 aromatic rings. The Morgan fingerprint density at radius 2 is 1.57 bits per heavy atom. The first-order valence-corrected chi connectivity index (χ1v) is 9.65. The minimum Gasteiger partial charge on any atom is -0.351 e. The monoisotopic (exact) mass is 428 g/mol. The average molecular weight is 429 g/mol. The number of benzene rings is 3. The van der Waals surface area contributed by atoms with E-state index in [4.69, 9.17) is 11.6 Å². The quantitative estimate of drug-likeness (QED) is 0.575. The maximum Gasteiger partial charge on any atom is 0.254 e. The third-order valence-corrected chi connectivity index (χ3v) is 4.71. The predicted octanol–water partition coefficient (Wildman–Crippen LogP) is 4.64. The van der Waals surface area contributed by atoms with E-state index in [1.807, 2.05) is 42.5 Å². The number of nitrogens with one attached hydrogen (secondary N) is 2. The Balaban J connectivity index is 1.62. The van der Waals surface area contributed by atoms with E-state index in [2.05, 4.69) is 10.6 Å². The molecule has 0 saturated carbocycles. The number of halogens is 3. The second-order valence-corrected chi connectivity index (χ2v) is 7.03. The van der Waals surface area contributed by atoms with Gasteiger partial charge in [0.25, 0.3) is 5.91 Å². The van der Waals surface area contributed by atoms with E-state index in [0.717, 1.165) is 23.3 Å². The third-order valence-electron chi connectivity index (χ3n) is 4.45. The second kappa shape index (κ2) is 9.98. The molecule has 0 fully saturated rings. The molecule has 0 aliphatic heterocycles. The number of carbonyl (C=O) groups is 2. The van der Waals surface area contributed by atoms with Crippen molar-refractivity contribution in [3.05, 3.63) is 106 Å². The van der Waals surface area contributed by atoms with Gasteiger partial charge in [-0.1, -0.05) is 54.1 Å². The summed E-state index contributed by atoms with van der Waals surface area (Å²) in [5, 5.41) is 6.01. The Morgan fingerprint density at radius 3 is 2.23 bits per heavy atom. The van der Waals surface area contributed by atoms with Gasteiger partial charge in [0.15, 0.2) is 0 Å². The number of amides is 2. The van der Waals surface area contributed by atoms with Crippen molar-refractivity contribution < 1.29 is 18.4 Å². The van der Waals surface area contributed by atoms with Crippen LogP contribution < -0.4 is 10.6 Å². The highest BCUT2D eigenvalue weighted by molar-refractivity contribution is 6.30. The molecule has 4 nitrogen and oxygen atoms in total. The Labute approximate surface area is 177 Å². The zero-order valence-electron chi connectivity index (χ0n) is 15.9. The van der Waals surface area contributed by atoms with Crippen LogP contribution >= 0.6 is 11.6 Å². The average Bonchev–Trinajstić information content (AvgIpc) is 2.73. The van der Waals surface area contributed by atoms with Gasteiger partial charge < -0.3 is 10.6 Å². The molecule has 3 rings (SSSR count). The van der Waals surface area contributed by atoms with E-state index in [9.17, 15) is 18.4 Å². The fourth-order valence-electron chi connectivity index (χ4n) is 2.95. The molecule has 0 heterocycles. The highest BCUT2D eigenvalue weighted by Crippen LogP contribution is 2.23. The van der Waals surface area contributed by atoms with Crippen molar-refractivity contribution in [2.75, 3.05) is 6.54 Å². The lowest BCUT2D eigenvalue weighted by atomic mass is 9.98. The smallest absolute Gasteiger partial charge is 0.254 e. The Bertz CT molecular complexity index is 1030. The summed E-state index contributed by atoms with van der Waals surface area (Å²) in [6.07, 6.45) is -0.00846. The number of rotatable bonds is 7. The van der Waals surface area contributed by atoms with E-state index in [-0.39, 0.29) is 30.5 Å². The molecule has 3 aromatic carbocycles. The molecule has 2 amide bonds. The van der Waals surface area contributed by atoms with Gasteiger partial charge in [-0.3, -0.25) is 9.59 Å². The first-order chi connectivity index (χ1) is 14.4. The Kier molecular flexibility index (Phi) is 7.14. The largest absolute Gasteiger partial charge is 0.351 e. The summed E-state index contributed by atoms with van der Waals surface area (Å²) in [7, 11) is 0. The molecule has 0 spiro atoms. The van der Waals surface area contributed by atoms with Crippen LogP contribution in [0.15, 0.2) is 72.8 Å². The lowest BCUT2D eigenvalue weighted by molar-refractivity contribution is -0.121. The second-order valence-electron chi connectivity index (χ2n) is 6.59. The van der Waals surface area contributed by atoms with E-state index in [1.54, 1.807) is 12.1 Å². The lowest BCUT2D eigenvalue weighted by Crippen LogP contribution is -2.33. The van der Waals surface area contributed by atoms with E-state index >= 15 is 0 Å². The topological polar surface area (TPSA) is 58.2 Å². The first-order valence-electron chi connectivity index (χ1n) is 9.27. The molecule has 0 bridgehead atoms. The summed E-state index contributed by atoms with van der Waals surface area (Å²) in [5.74, 6) is -2.72. The number of carbonyl (C=O) groups excluding carboxylic acids is 2. The standard InChI is InChI=1S/C23H19ClF2N2O2/c24-17-8-6-16(7-9-17)22(15-4-2-1-3-5-15)28-21(29)12-13-27-23(30)19-11-10-18(25)14-20(19)26/h1-11,14,22H,12-13H2,(H,27,30)(H,28,29). The number of hydrogen-bond donors (Lipinski definition) is 2. The van der Waals surface area contributed by atoms with Gasteiger partial charge in [0.05, 0.1) is 11.6 Å². The molecule has 2 N–H and O–H groups in total. The summed E-state index contributed by atoms with van der Waals surface area (Å²) in [5.41, 5.74) is 1.47. The van der Waals surface area contributed by atoms with E-state index in [1.165, 1.54) is 0 Å². The van der Waals surface area contributed by atoms with Gasteiger partial charge in [-0.15, -0.1) is 0 Å². The molecule has 0 aromatic heterocycles. The molecular formula is C23H19ClF2N2O2. The van der Waals surface area contributed by atoms with Gasteiger partial charge >= 0.3 is 0 Å². The number of hydrogen-bond acceptors (Lipinski definition) is 2. The van der Waals surface area contributed by atoms with Gasteiger partial charge in [0, 0.05) is 24.1 Å². The van der Waals surface area contributed by atoms with Crippen LogP contribution in [-0.4, -0.2) is 18.4 Å². The van der Waals surface area contributed by atoms with Gasteiger partial charge in [0.2, 0.25) is 5.91 Å². The molecule has 1 unspecified atom stereocenters. The molecule has 154 valence electrons. The van der Waals surface area contributed by atoms with Crippen LogP contribution in [0.1, 0.15) is 33.9 Å². The molecule has 30 heavy (non-hydrogen) atoms. The molecule has 0 radical (unpaired) electrons. The Hall–Kier alpha value is -3.25. The third kappa shape index (κ3) is 5.64. The van der Waals surface area contributed by atoms with Crippen LogP contribution in [0.2, 0.25) is 5.02 Å². The highest BCUT2D eigenvalue weighted by Gasteiger charge is 2.17. The fourth-order valence-corrected chi connectivity index (χ4v) is 3.08. The summed E-state index contributed by atoms with van der Waals surface area (Å²) in [4.78, 5) is 24.5. The minimum atomic E-state index is -0.955. The van der Waals surface area contributed by atoms with Crippen LogP contribution in [0.4, 0.5) is 8.78 Å². The summed E-state index contributed by atoms with van der Waals surface area (Å²) in [6, 6.07) is 18.9. The van der Waals surface area contributed by atoms with E-state index < -0.39 is 17.5 Å². The van der Waals surface area contributed by atoms with Crippen molar-refractivity contribution in [2.45, 2.75) is 12.5 Å². The van der Waals surface area contributed by atoms with Crippen molar-refractivity contribution in [1.82, 2.24) is 10.6 Å². The zero-order chi connectivity index (χ0) is 21.5. The molecule has 0 aliphatic rings. The van der Waals surface area contributed by atoms with Crippen molar-refractivity contribution in [2.24, 2.45) is 0 Å². The van der Waals surface area contributed by atoms with Gasteiger partial charge in [-0.05, 0) is 35.4 Å². The van der Waals surface area contributed by atoms with Crippen LogP contribution in [0.3, 0.4) is 0 Å². The molecular weight excluding hydrogens is 410 g/mol. The summed E-state index contributed by atoms with van der Waals surface area (Å²) >= 11 is 5.96. The SMILES string of the molecule is O=C(CCNC(=O)c1ccc(F)cc1F)NC(c1ccccc1)c1ccc(Cl)cc1. The van der Waals surface area contributed by atoms with Gasteiger partial charge in [0.1, 0.15) is 11.6 Å². The molecule has 0 saturated heterocycles. The minimum absolute atomic E-state index is 0.00358. The Morgan fingerprint density at radius 1 is 0.900 bits per heavy atom. The van der Waals surface area contributed by atoms with Crippen molar-refractivity contribution in [3.63, 3.8) is 0 Å². The maximum atomic E-state index is 13.7. The maximum absolute atomic E-state index is 13.7. The van der Waals surface area contributed by atoms with Crippen LogP contribution in [0.5, 0.6) is 0 Å². The normalized spacial score (nSPS) is 11.6.